The molecule has 4 heteroatoms. The summed E-state index contributed by atoms with van der Waals surface area (Å²) in [5, 5.41) is 4.22. The van der Waals surface area contributed by atoms with Crippen molar-refractivity contribution in [3.05, 3.63) is 94.0 Å². The lowest BCUT2D eigenvalue weighted by Gasteiger charge is -2.28. The third-order valence-electron chi connectivity index (χ3n) is 4.93. The summed E-state index contributed by atoms with van der Waals surface area (Å²) in [5.74, 6) is 1.60. The Kier molecular flexibility index (Phi) is 5.33. The van der Waals surface area contributed by atoms with Crippen molar-refractivity contribution >= 4 is 11.6 Å². The highest BCUT2D eigenvalue weighted by atomic mass is 35.5. The third kappa shape index (κ3) is 3.95. The van der Waals surface area contributed by atoms with Crippen LogP contribution in [0.4, 0.5) is 0 Å². The Balaban J connectivity index is 1.55. The molecule has 27 heavy (non-hydrogen) atoms. The molecule has 1 heterocycles. The molecule has 0 aromatic heterocycles. The first-order chi connectivity index (χ1) is 13.2. The number of hydrogen-bond donors (Lipinski definition) is 1. The quantitative estimate of drug-likeness (QED) is 0.664. The van der Waals surface area contributed by atoms with Crippen LogP contribution in [0.1, 0.15) is 28.3 Å². The van der Waals surface area contributed by atoms with Gasteiger partial charge < -0.3 is 14.8 Å². The van der Waals surface area contributed by atoms with Crippen LogP contribution in [-0.2, 0) is 13.0 Å². The molecule has 0 spiro atoms. The van der Waals surface area contributed by atoms with Crippen molar-refractivity contribution < 1.29 is 9.47 Å². The van der Waals surface area contributed by atoms with Gasteiger partial charge in [0.1, 0.15) is 18.1 Å². The van der Waals surface area contributed by atoms with Crippen LogP contribution in [0.25, 0.3) is 0 Å². The van der Waals surface area contributed by atoms with Crippen molar-refractivity contribution in [2.75, 3.05) is 13.7 Å². The van der Waals surface area contributed by atoms with Gasteiger partial charge in [-0.1, -0.05) is 54.1 Å². The topological polar surface area (TPSA) is 30.5 Å². The van der Waals surface area contributed by atoms with Crippen LogP contribution in [0.15, 0.2) is 66.7 Å². The van der Waals surface area contributed by atoms with Crippen molar-refractivity contribution in [2.24, 2.45) is 0 Å². The highest BCUT2D eigenvalue weighted by molar-refractivity contribution is 6.32. The number of benzene rings is 3. The van der Waals surface area contributed by atoms with E-state index in [0.29, 0.717) is 17.4 Å². The summed E-state index contributed by atoms with van der Waals surface area (Å²) in [7, 11) is 1.63. The molecule has 1 aliphatic rings. The van der Waals surface area contributed by atoms with Gasteiger partial charge in [0.25, 0.3) is 0 Å². The summed E-state index contributed by atoms with van der Waals surface area (Å²) >= 11 is 6.33. The summed E-state index contributed by atoms with van der Waals surface area (Å²) in [5.41, 5.74) is 4.90. The van der Waals surface area contributed by atoms with Gasteiger partial charge in [0.2, 0.25) is 0 Å². The maximum absolute atomic E-state index is 6.33. The van der Waals surface area contributed by atoms with E-state index in [9.17, 15) is 0 Å². The first kappa shape index (κ1) is 17.9. The van der Waals surface area contributed by atoms with Crippen molar-refractivity contribution in [2.45, 2.75) is 19.1 Å². The molecule has 0 amide bonds. The average Bonchev–Trinajstić information content (AvgIpc) is 2.72. The maximum atomic E-state index is 6.33. The Hall–Kier alpha value is -2.49. The van der Waals surface area contributed by atoms with Gasteiger partial charge in [-0.25, -0.2) is 0 Å². The second-order valence-corrected chi connectivity index (χ2v) is 7.07. The molecule has 138 valence electrons. The molecule has 0 saturated heterocycles. The maximum Gasteiger partial charge on any atom is 0.137 e. The normalized spacial score (nSPS) is 15.9. The van der Waals surface area contributed by atoms with Crippen LogP contribution < -0.4 is 14.8 Å². The number of methoxy groups -OCH3 is 1. The zero-order valence-electron chi connectivity index (χ0n) is 15.2. The van der Waals surface area contributed by atoms with E-state index >= 15 is 0 Å². The molecule has 3 aromatic carbocycles. The van der Waals surface area contributed by atoms with Gasteiger partial charge in [-0.3, -0.25) is 0 Å². The van der Waals surface area contributed by atoms with Gasteiger partial charge in [0.15, 0.2) is 0 Å². The van der Waals surface area contributed by atoms with Crippen LogP contribution in [0, 0.1) is 0 Å². The highest BCUT2D eigenvalue weighted by Crippen LogP contribution is 2.34. The van der Waals surface area contributed by atoms with Gasteiger partial charge in [0.05, 0.1) is 18.2 Å². The van der Waals surface area contributed by atoms with Gasteiger partial charge in [0, 0.05) is 6.54 Å². The van der Waals surface area contributed by atoms with Crippen LogP contribution in [0.5, 0.6) is 11.5 Å². The van der Waals surface area contributed by atoms with Crippen LogP contribution in [0.2, 0.25) is 5.02 Å². The second-order valence-electron chi connectivity index (χ2n) is 6.67. The summed E-state index contributed by atoms with van der Waals surface area (Å²) in [6, 6.07) is 22.7. The number of nitrogens with one attached hydrogen (secondary N) is 1. The minimum Gasteiger partial charge on any atom is -0.495 e. The van der Waals surface area contributed by atoms with Gasteiger partial charge in [-0.15, -0.1) is 0 Å². The zero-order chi connectivity index (χ0) is 18.6. The monoisotopic (exact) mass is 379 g/mol. The summed E-state index contributed by atoms with van der Waals surface area (Å²) in [6.45, 7) is 1.50. The fourth-order valence-electron chi connectivity index (χ4n) is 3.53. The molecule has 1 unspecified atom stereocenters. The Bertz CT molecular complexity index is 927. The molecule has 0 radical (unpaired) electrons. The zero-order valence-corrected chi connectivity index (χ0v) is 16.0. The number of halogens is 1. The molecule has 3 aromatic rings. The van der Waals surface area contributed by atoms with Crippen LogP contribution in [0.3, 0.4) is 0 Å². The smallest absolute Gasteiger partial charge is 0.137 e. The standard InChI is InChI=1S/C23H22ClNO2/c1-26-22-10-7-18(14-21(22)24)23-20-9-8-19(13-17(20)11-12-25-23)27-15-16-5-3-2-4-6-16/h2-10,13-14,23,25H,11-12,15H2,1H3. The summed E-state index contributed by atoms with van der Waals surface area (Å²) < 4.78 is 11.3. The summed E-state index contributed by atoms with van der Waals surface area (Å²) in [6.07, 6.45) is 0.984. The number of ether oxygens (including phenoxy) is 2. The predicted octanol–water partition coefficient (Wildman–Crippen LogP) is 5.16. The molecule has 3 nitrogen and oxygen atoms in total. The molecule has 1 aliphatic heterocycles. The lowest BCUT2D eigenvalue weighted by molar-refractivity contribution is 0.305. The highest BCUT2D eigenvalue weighted by Gasteiger charge is 2.22. The number of hydrogen-bond acceptors (Lipinski definition) is 3. The molecule has 0 saturated carbocycles. The van der Waals surface area contributed by atoms with Crippen molar-refractivity contribution in [3.63, 3.8) is 0 Å². The van der Waals surface area contributed by atoms with Crippen LogP contribution >= 0.6 is 11.6 Å². The fourth-order valence-corrected chi connectivity index (χ4v) is 3.80. The fraction of sp³-hybridized carbons (Fsp3) is 0.217. The number of fused-ring (bicyclic) bond motifs is 1. The van der Waals surface area contributed by atoms with E-state index in [1.165, 1.54) is 16.7 Å². The van der Waals surface area contributed by atoms with Gasteiger partial charge in [-0.05, 0) is 52.9 Å². The lowest BCUT2D eigenvalue weighted by atomic mass is 9.89. The van der Waals surface area contributed by atoms with Crippen LogP contribution in [-0.4, -0.2) is 13.7 Å². The minimum atomic E-state index is 0.125. The molecule has 0 bridgehead atoms. The minimum absolute atomic E-state index is 0.125. The van der Waals surface area contributed by atoms with Gasteiger partial charge >= 0.3 is 0 Å². The molecule has 1 N–H and O–H groups in total. The average molecular weight is 380 g/mol. The van der Waals surface area contributed by atoms with E-state index in [0.717, 1.165) is 24.3 Å². The first-order valence-corrected chi connectivity index (χ1v) is 9.49. The van der Waals surface area contributed by atoms with Crippen molar-refractivity contribution in [1.29, 1.82) is 0 Å². The Morgan fingerprint density at radius 1 is 1.04 bits per heavy atom. The Labute approximate surface area is 164 Å². The summed E-state index contributed by atoms with van der Waals surface area (Å²) in [4.78, 5) is 0. The van der Waals surface area contributed by atoms with Gasteiger partial charge in [-0.2, -0.15) is 0 Å². The molecule has 4 rings (SSSR count). The Morgan fingerprint density at radius 3 is 2.67 bits per heavy atom. The molecule has 0 aliphatic carbocycles. The van der Waals surface area contributed by atoms with E-state index in [-0.39, 0.29) is 6.04 Å². The predicted molar refractivity (Wildman–Crippen MR) is 109 cm³/mol. The number of rotatable bonds is 5. The van der Waals surface area contributed by atoms with E-state index < -0.39 is 0 Å². The lowest BCUT2D eigenvalue weighted by Crippen LogP contribution is -2.30. The Morgan fingerprint density at radius 2 is 1.89 bits per heavy atom. The molecular weight excluding hydrogens is 358 g/mol. The molecule has 1 atom stereocenters. The second kappa shape index (κ2) is 8.03. The van der Waals surface area contributed by atoms with E-state index in [4.69, 9.17) is 21.1 Å². The SMILES string of the molecule is COc1ccc(C2NCCc3cc(OCc4ccccc4)ccc32)cc1Cl. The van der Waals surface area contributed by atoms with E-state index in [1.807, 2.05) is 36.4 Å². The van der Waals surface area contributed by atoms with E-state index in [1.54, 1.807) is 7.11 Å². The van der Waals surface area contributed by atoms with Crippen molar-refractivity contribution in [3.8, 4) is 11.5 Å². The third-order valence-corrected chi connectivity index (χ3v) is 5.22. The van der Waals surface area contributed by atoms with E-state index in [2.05, 4.69) is 35.6 Å². The molecule has 0 fully saturated rings. The largest absolute Gasteiger partial charge is 0.495 e. The first-order valence-electron chi connectivity index (χ1n) is 9.11. The van der Waals surface area contributed by atoms with Crippen molar-refractivity contribution in [1.82, 2.24) is 5.32 Å². The molecular formula is C23H22ClNO2.